The molecule has 1 aliphatic rings. The normalized spacial score (nSPS) is 17.9. The van der Waals surface area contributed by atoms with E-state index in [0.717, 1.165) is 30.5 Å². The molecule has 25 heavy (non-hydrogen) atoms. The van der Waals surface area contributed by atoms with Crippen molar-refractivity contribution in [2.75, 3.05) is 13.2 Å². The van der Waals surface area contributed by atoms with Crippen molar-refractivity contribution in [2.24, 2.45) is 7.05 Å². The Kier molecular flexibility index (Phi) is 5.85. The van der Waals surface area contributed by atoms with Crippen molar-refractivity contribution in [3.63, 3.8) is 0 Å². The summed E-state index contributed by atoms with van der Waals surface area (Å²) in [5.41, 5.74) is 2.14. The van der Waals surface area contributed by atoms with Crippen LogP contribution >= 0.6 is 0 Å². The van der Waals surface area contributed by atoms with Gasteiger partial charge in [0.25, 0.3) is 0 Å². The zero-order valence-electron chi connectivity index (χ0n) is 14.3. The number of aromatic nitrogens is 2. The lowest BCUT2D eigenvalue weighted by molar-refractivity contribution is 0.114. The van der Waals surface area contributed by atoms with E-state index in [1.165, 1.54) is 0 Å². The van der Waals surface area contributed by atoms with Crippen molar-refractivity contribution in [3.8, 4) is 0 Å². The van der Waals surface area contributed by atoms with Gasteiger partial charge in [-0.05, 0) is 30.5 Å². The number of benzene rings is 1. The lowest BCUT2D eigenvalue weighted by Crippen LogP contribution is -2.31. The monoisotopic (exact) mass is 364 g/mol. The van der Waals surface area contributed by atoms with Crippen LogP contribution in [-0.2, 0) is 34.9 Å². The molecule has 1 atom stereocenters. The van der Waals surface area contributed by atoms with Gasteiger partial charge in [0.15, 0.2) is 0 Å². The zero-order chi connectivity index (χ0) is 17.7. The van der Waals surface area contributed by atoms with Gasteiger partial charge in [0.2, 0.25) is 10.0 Å². The fourth-order valence-electron chi connectivity index (χ4n) is 2.79. The molecular formula is C17H24N4O3S. The van der Waals surface area contributed by atoms with Gasteiger partial charge in [-0.15, -0.1) is 0 Å². The van der Waals surface area contributed by atoms with E-state index in [2.05, 4.69) is 15.1 Å². The number of hydrogen-bond acceptors (Lipinski definition) is 5. The Morgan fingerprint density at radius 2 is 2.00 bits per heavy atom. The Balaban J connectivity index is 1.50. The molecule has 1 aliphatic heterocycles. The summed E-state index contributed by atoms with van der Waals surface area (Å²) in [5.74, 6) is 0. The molecular weight excluding hydrogens is 340 g/mol. The van der Waals surface area contributed by atoms with Crippen molar-refractivity contribution >= 4 is 10.0 Å². The Hall–Kier alpha value is -1.74. The molecule has 2 N–H and O–H groups in total. The summed E-state index contributed by atoms with van der Waals surface area (Å²) >= 11 is 0. The highest BCUT2D eigenvalue weighted by molar-refractivity contribution is 7.89. The predicted octanol–water partition coefficient (Wildman–Crippen LogP) is 1.17. The molecule has 0 spiro atoms. The van der Waals surface area contributed by atoms with E-state index in [4.69, 9.17) is 4.74 Å². The molecule has 0 amide bonds. The number of rotatable bonds is 8. The van der Waals surface area contributed by atoms with Crippen LogP contribution in [0.5, 0.6) is 0 Å². The van der Waals surface area contributed by atoms with E-state index in [9.17, 15) is 8.42 Å². The molecule has 2 heterocycles. The highest BCUT2D eigenvalue weighted by Gasteiger charge is 2.20. The average Bonchev–Trinajstić information content (AvgIpc) is 3.25. The summed E-state index contributed by atoms with van der Waals surface area (Å²) in [5, 5.41) is 7.44. The van der Waals surface area contributed by atoms with E-state index in [1.54, 1.807) is 16.8 Å². The van der Waals surface area contributed by atoms with Gasteiger partial charge in [-0.1, -0.05) is 12.1 Å². The van der Waals surface area contributed by atoms with Gasteiger partial charge in [0.1, 0.15) is 0 Å². The first-order valence-electron chi connectivity index (χ1n) is 8.41. The van der Waals surface area contributed by atoms with Gasteiger partial charge >= 0.3 is 0 Å². The number of nitrogens with zero attached hydrogens (tertiary/aromatic N) is 2. The summed E-state index contributed by atoms with van der Waals surface area (Å²) in [6.07, 6.45) is 5.67. The van der Waals surface area contributed by atoms with Crippen molar-refractivity contribution in [3.05, 3.63) is 47.8 Å². The topological polar surface area (TPSA) is 85.2 Å². The summed E-state index contributed by atoms with van der Waals surface area (Å²) in [6, 6.07) is 6.94. The van der Waals surface area contributed by atoms with E-state index in [-0.39, 0.29) is 11.0 Å². The Morgan fingerprint density at radius 3 is 2.64 bits per heavy atom. The average molecular weight is 364 g/mol. The number of ether oxygens (including phenoxy) is 1. The van der Waals surface area contributed by atoms with Crippen molar-refractivity contribution < 1.29 is 13.2 Å². The maximum atomic E-state index is 12.3. The first kappa shape index (κ1) is 18.1. The SMILES string of the molecule is Cn1cc(CNCc2ccc(S(=O)(=O)NCC3CCCO3)cc2)cn1. The van der Waals surface area contributed by atoms with Crippen molar-refractivity contribution in [2.45, 2.75) is 36.9 Å². The molecule has 0 saturated carbocycles. The maximum Gasteiger partial charge on any atom is 0.240 e. The Morgan fingerprint density at radius 1 is 1.24 bits per heavy atom. The van der Waals surface area contributed by atoms with Crippen LogP contribution in [0.25, 0.3) is 0 Å². The summed E-state index contributed by atoms with van der Waals surface area (Å²) in [6.45, 7) is 2.43. The molecule has 1 aromatic heterocycles. The first-order chi connectivity index (χ1) is 12.0. The number of sulfonamides is 1. The molecule has 8 heteroatoms. The molecule has 3 rings (SSSR count). The molecule has 7 nitrogen and oxygen atoms in total. The van der Waals surface area contributed by atoms with Gasteiger partial charge in [-0.25, -0.2) is 13.1 Å². The van der Waals surface area contributed by atoms with Gasteiger partial charge in [-0.3, -0.25) is 4.68 Å². The smallest absolute Gasteiger partial charge is 0.240 e. The summed E-state index contributed by atoms with van der Waals surface area (Å²) in [7, 11) is -1.60. The number of aryl methyl sites for hydroxylation is 1. The van der Waals surface area contributed by atoms with Crippen LogP contribution < -0.4 is 10.0 Å². The highest BCUT2D eigenvalue weighted by atomic mass is 32.2. The zero-order valence-corrected chi connectivity index (χ0v) is 15.1. The van der Waals surface area contributed by atoms with Crippen LogP contribution in [0.1, 0.15) is 24.0 Å². The third kappa shape index (κ3) is 5.12. The third-order valence-electron chi connectivity index (χ3n) is 4.18. The Bertz CT molecular complexity index is 780. The number of hydrogen-bond donors (Lipinski definition) is 2. The van der Waals surface area contributed by atoms with Crippen LogP contribution in [0.3, 0.4) is 0 Å². The van der Waals surface area contributed by atoms with Gasteiger partial charge < -0.3 is 10.1 Å². The van der Waals surface area contributed by atoms with Crippen LogP contribution in [-0.4, -0.2) is 37.5 Å². The van der Waals surface area contributed by atoms with Gasteiger partial charge in [0, 0.05) is 45.0 Å². The van der Waals surface area contributed by atoms with E-state index < -0.39 is 10.0 Å². The van der Waals surface area contributed by atoms with E-state index >= 15 is 0 Å². The van der Waals surface area contributed by atoms with E-state index in [1.807, 2.05) is 31.6 Å². The molecule has 0 aliphatic carbocycles. The quantitative estimate of drug-likeness (QED) is 0.734. The molecule has 1 saturated heterocycles. The second-order valence-corrected chi connectivity index (χ2v) is 8.02. The van der Waals surface area contributed by atoms with Crippen LogP contribution in [0.2, 0.25) is 0 Å². The number of nitrogens with one attached hydrogen (secondary N) is 2. The molecule has 1 aromatic carbocycles. The first-order valence-corrected chi connectivity index (χ1v) is 9.90. The minimum Gasteiger partial charge on any atom is -0.377 e. The largest absolute Gasteiger partial charge is 0.377 e. The fourth-order valence-corrected chi connectivity index (χ4v) is 3.86. The second-order valence-electron chi connectivity index (χ2n) is 6.26. The maximum absolute atomic E-state index is 12.3. The molecule has 1 fully saturated rings. The van der Waals surface area contributed by atoms with E-state index in [0.29, 0.717) is 19.7 Å². The summed E-state index contributed by atoms with van der Waals surface area (Å²) < 4.78 is 34.5. The standard InChI is InChI=1S/C17H24N4O3S/c1-21-13-15(11-19-21)10-18-9-14-4-6-17(7-5-14)25(22,23)20-12-16-3-2-8-24-16/h4-7,11,13,16,18,20H,2-3,8-10,12H2,1H3. The molecule has 1 unspecified atom stereocenters. The lowest BCUT2D eigenvalue weighted by Gasteiger charge is -2.12. The molecule has 0 radical (unpaired) electrons. The second kappa shape index (κ2) is 8.09. The minimum atomic E-state index is -3.49. The van der Waals surface area contributed by atoms with Crippen LogP contribution in [0.4, 0.5) is 0 Å². The third-order valence-corrected chi connectivity index (χ3v) is 5.61. The highest BCUT2D eigenvalue weighted by Crippen LogP contribution is 2.14. The minimum absolute atomic E-state index is 0.00859. The van der Waals surface area contributed by atoms with Crippen molar-refractivity contribution in [1.29, 1.82) is 0 Å². The summed E-state index contributed by atoms with van der Waals surface area (Å²) in [4.78, 5) is 0.279. The van der Waals surface area contributed by atoms with Crippen LogP contribution in [0, 0.1) is 0 Å². The fraction of sp³-hybridized carbons (Fsp3) is 0.471. The molecule has 2 aromatic rings. The molecule has 0 bridgehead atoms. The van der Waals surface area contributed by atoms with Crippen molar-refractivity contribution in [1.82, 2.24) is 19.8 Å². The van der Waals surface area contributed by atoms with Crippen LogP contribution in [0.15, 0.2) is 41.6 Å². The Labute approximate surface area is 148 Å². The lowest BCUT2D eigenvalue weighted by atomic mass is 10.2. The molecule has 136 valence electrons. The van der Waals surface area contributed by atoms with Gasteiger partial charge in [-0.2, -0.15) is 5.10 Å². The van der Waals surface area contributed by atoms with Gasteiger partial charge in [0.05, 0.1) is 17.2 Å². The predicted molar refractivity (Wildman–Crippen MR) is 94.4 cm³/mol.